The van der Waals surface area contributed by atoms with Crippen LogP contribution in [0.25, 0.3) is 0 Å². The molecule has 3 heterocycles. The second kappa shape index (κ2) is 10.5. The maximum absolute atomic E-state index is 4.70. The molecule has 1 aliphatic heterocycles. The Morgan fingerprint density at radius 3 is 2.47 bits per heavy atom. The number of nitrogens with one attached hydrogen (secondary N) is 2. The topological polar surface area (TPSA) is 70.4 Å². The number of anilines is 1. The van der Waals surface area contributed by atoms with Crippen molar-refractivity contribution in [3.63, 3.8) is 0 Å². The summed E-state index contributed by atoms with van der Waals surface area (Å²) in [6.45, 7) is 9.31. The third-order valence-electron chi connectivity index (χ3n) is 5.98. The number of hydrogen-bond donors (Lipinski definition) is 2. The predicted molar refractivity (Wildman–Crippen MR) is 124 cm³/mol. The number of aromatic nitrogens is 3. The van der Waals surface area contributed by atoms with Gasteiger partial charge in [0.15, 0.2) is 5.96 Å². The highest BCUT2D eigenvalue weighted by Gasteiger charge is 2.14. The van der Waals surface area contributed by atoms with E-state index in [1.807, 2.05) is 25.0 Å². The summed E-state index contributed by atoms with van der Waals surface area (Å²) in [6, 6.07) is 4.57. The molecule has 7 heteroatoms. The number of rotatable bonds is 6. The average molecular weight is 412 g/mol. The van der Waals surface area contributed by atoms with Gasteiger partial charge in [-0.05, 0) is 57.2 Å². The van der Waals surface area contributed by atoms with Gasteiger partial charge in [-0.1, -0.05) is 18.9 Å². The summed E-state index contributed by atoms with van der Waals surface area (Å²) in [5.74, 6) is 1.90. The molecular weight excluding hydrogens is 374 g/mol. The molecule has 2 aromatic heterocycles. The Bertz CT molecular complexity index is 830. The van der Waals surface area contributed by atoms with Gasteiger partial charge in [0, 0.05) is 51.7 Å². The van der Waals surface area contributed by atoms with E-state index in [2.05, 4.69) is 58.5 Å². The van der Waals surface area contributed by atoms with E-state index in [9.17, 15) is 0 Å². The van der Waals surface area contributed by atoms with Crippen LogP contribution in [0.5, 0.6) is 0 Å². The maximum atomic E-state index is 4.70. The second-order valence-corrected chi connectivity index (χ2v) is 8.37. The van der Waals surface area contributed by atoms with E-state index in [-0.39, 0.29) is 6.04 Å². The molecule has 0 spiro atoms. The van der Waals surface area contributed by atoms with Crippen molar-refractivity contribution in [2.75, 3.05) is 25.0 Å². The zero-order chi connectivity index (χ0) is 21.5. The molecule has 1 unspecified atom stereocenters. The molecular formula is C23H37N7. The van der Waals surface area contributed by atoms with E-state index in [1.165, 1.54) is 36.9 Å². The van der Waals surface area contributed by atoms with Gasteiger partial charge in [0.2, 0.25) is 0 Å². The van der Waals surface area contributed by atoms with Gasteiger partial charge < -0.3 is 15.5 Å². The van der Waals surface area contributed by atoms with Gasteiger partial charge in [0.05, 0.1) is 5.69 Å². The quantitative estimate of drug-likeness (QED) is 0.565. The van der Waals surface area contributed by atoms with E-state index in [0.29, 0.717) is 6.54 Å². The molecule has 0 radical (unpaired) electrons. The molecule has 3 rings (SSSR count). The molecule has 7 nitrogen and oxygen atoms in total. The first-order chi connectivity index (χ1) is 14.5. The predicted octanol–water partition coefficient (Wildman–Crippen LogP) is 3.11. The Morgan fingerprint density at radius 1 is 1.17 bits per heavy atom. The third-order valence-corrected chi connectivity index (χ3v) is 5.98. The second-order valence-electron chi connectivity index (χ2n) is 8.37. The maximum Gasteiger partial charge on any atom is 0.191 e. The molecule has 2 aromatic rings. The average Bonchev–Trinajstić information content (AvgIpc) is 2.94. The van der Waals surface area contributed by atoms with Gasteiger partial charge in [-0.15, -0.1) is 0 Å². The van der Waals surface area contributed by atoms with Gasteiger partial charge in [-0.25, -0.2) is 4.98 Å². The molecule has 164 valence electrons. The summed E-state index contributed by atoms with van der Waals surface area (Å²) in [5.41, 5.74) is 4.78. The molecule has 2 N–H and O–H groups in total. The van der Waals surface area contributed by atoms with Crippen LogP contribution in [-0.4, -0.2) is 46.9 Å². The Morgan fingerprint density at radius 2 is 1.90 bits per heavy atom. The molecule has 1 atom stereocenters. The lowest BCUT2D eigenvalue weighted by molar-refractivity contribution is 0.635. The summed E-state index contributed by atoms with van der Waals surface area (Å²) in [4.78, 5) is 11.5. The van der Waals surface area contributed by atoms with E-state index >= 15 is 0 Å². The highest BCUT2D eigenvalue weighted by atomic mass is 15.3. The minimum atomic E-state index is 0.251. The summed E-state index contributed by atoms with van der Waals surface area (Å²) in [6.07, 6.45) is 8.10. The van der Waals surface area contributed by atoms with Crippen molar-refractivity contribution in [3.05, 3.63) is 40.8 Å². The molecule has 0 saturated carbocycles. The zero-order valence-corrected chi connectivity index (χ0v) is 19.2. The number of aryl methyl sites for hydroxylation is 2. The van der Waals surface area contributed by atoms with Crippen molar-refractivity contribution in [2.45, 2.75) is 65.5 Å². The highest BCUT2D eigenvalue weighted by molar-refractivity contribution is 5.79. The van der Waals surface area contributed by atoms with Gasteiger partial charge in [-0.2, -0.15) is 5.10 Å². The fourth-order valence-electron chi connectivity index (χ4n) is 4.09. The fourth-order valence-corrected chi connectivity index (χ4v) is 4.09. The largest absolute Gasteiger partial charge is 0.357 e. The molecule has 0 aromatic carbocycles. The lowest BCUT2D eigenvalue weighted by Crippen LogP contribution is -2.42. The Balaban J connectivity index is 1.51. The smallest absolute Gasteiger partial charge is 0.191 e. The van der Waals surface area contributed by atoms with Crippen LogP contribution in [0.1, 0.15) is 55.1 Å². The lowest BCUT2D eigenvalue weighted by atomic mass is 10.1. The van der Waals surface area contributed by atoms with Crippen LogP contribution in [0.2, 0.25) is 0 Å². The fraction of sp³-hybridized carbons (Fsp3) is 0.609. The van der Waals surface area contributed by atoms with E-state index in [4.69, 9.17) is 4.98 Å². The van der Waals surface area contributed by atoms with Crippen LogP contribution in [0.3, 0.4) is 0 Å². The summed E-state index contributed by atoms with van der Waals surface area (Å²) in [7, 11) is 3.81. The number of guanidine groups is 1. The van der Waals surface area contributed by atoms with Gasteiger partial charge >= 0.3 is 0 Å². The van der Waals surface area contributed by atoms with Crippen LogP contribution in [-0.2, 0) is 20.0 Å². The van der Waals surface area contributed by atoms with Crippen LogP contribution in [0.4, 0.5) is 5.82 Å². The molecule has 1 saturated heterocycles. The SMILES string of the molecule is CN=C(NCc1ccc(N2CCCCCC2)nc1)NC(C)Cc1c(C)nn(C)c1C. The minimum absolute atomic E-state index is 0.251. The molecule has 30 heavy (non-hydrogen) atoms. The van der Waals surface area contributed by atoms with Crippen LogP contribution in [0, 0.1) is 13.8 Å². The van der Waals surface area contributed by atoms with Crippen molar-refractivity contribution in [1.82, 2.24) is 25.4 Å². The summed E-state index contributed by atoms with van der Waals surface area (Å²) >= 11 is 0. The van der Waals surface area contributed by atoms with Crippen LogP contribution >= 0.6 is 0 Å². The first kappa shape index (κ1) is 22.1. The standard InChI is InChI=1S/C23H37N7/c1-17(14-21-18(2)28-29(5)19(21)3)27-23(24-4)26-16-20-10-11-22(25-15-20)30-12-8-6-7-9-13-30/h10-11,15,17H,6-9,12-14,16H2,1-5H3,(H2,24,26,27). The number of aliphatic imine (C=N–C) groups is 1. The van der Waals surface area contributed by atoms with E-state index < -0.39 is 0 Å². The highest BCUT2D eigenvalue weighted by Crippen LogP contribution is 2.17. The zero-order valence-electron chi connectivity index (χ0n) is 19.2. The summed E-state index contributed by atoms with van der Waals surface area (Å²) in [5, 5.41) is 11.4. The van der Waals surface area contributed by atoms with Gasteiger partial charge in [-0.3, -0.25) is 9.67 Å². The number of hydrogen-bond acceptors (Lipinski definition) is 4. The first-order valence-electron chi connectivity index (χ1n) is 11.1. The van der Waals surface area contributed by atoms with Crippen molar-refractivity contribution in [2.24, 2.45) is 12.0 Å². The molecule has 1 fully saturated rings. The monoisotopic (exact) mass is 411 g/mol. The van der Waals surface area contributed by atoms with E-state index in [0.717, 1.165) is 42.5 Å². The Kier molecular flexibility index (Phi) is 7.71. The van der Waals surface area contributed by atoms with Crippen molar-refractivity contribution in [1.29, 1.82) is 0 Å². The van der Waals surface area contributed by atoms with Crippen LogP contribution in [0.15, 0.2) is 23.3 Å². The van der Waals surface area contributed by atoms with Crippen molar-refractivity contribution >= 4 is 11.8 Å². The van der Waals surface area contributed by atoms with Crippen LogP contribution < -0.4 is 15.5 Å². The van der Waals surface area contributed by atoms with Gasteiger partial charge in [0.1, 0.15) is 5.82 Å². The normalized spacial score (nSPS) is 16.3. The molecule has 0 aliphatic carbocycles. The van der Waals surface area contributed by atoms with Crippen molar-refractivity contribution in [3.8, 4) is 0 Å². The van der Waals surface area contributed by atoms with Gasteiger partial charge in [0.25, 0.3) is 0 Å². The minimum Gasteiger partial charge on any atom is -0.357 e. The molecule has 1 aliphatic rings. The first-order valence-corrected chi connectivity index (χ1v) is 11.1. The lowest BCUT2D eigenvalue weighted by Gasteiger charge is -2.21. The Labute approximate surface area is 181 Å². The molecule has 0 bridgehead atoms. The molecule has 0 amide bonds. The number of nitrogens with zero attached hydrogens (tertiary/aromatic N) is 5. The summed E-state index contributed by atoms with van der Waals surface area (Å²) < 4.78 is 1.95. The Hall–Kier alpha value is -2.57. The number of pyridine rings is 1. The van der Waals surface area contributed by atoms with E-state index in [1.54, 1.807) is 0 Å². The third kappa shape index (κ3) is 5.74. The van der Waals surface area contributed by atoms with Crippen molar-refractivity contribution < 1.29 is 0 Å².